The summed E-state index contributed by atoms with van der Waals surface area (Å²) >= 11 is 0. The zero-order valence-corrected chi connectivity index (χ0v) is 13.1. The summed E-state index contributed by atoms with van der Waals surface area (Å²) in [6.07, 6.45) is 0. The first-order valence-electron chi connectivity index (χ1n) is 7.15. The molecule has 1 aliphatic heterocycles. The second-order valence-electron chi connectivity index (χ2n) is 6.25. The monoisotopic (exact) mass is 290 g/mol. The van der Waals surface area contributed by atoms with Crippen molar-refractivity contribution in [2.24, 2.45) is 0 Å². The van der Waals surface area contributed by atoms with E-state index in [1.165, 1.54) is 0 Å². The van der Waals surface area contributed by atoms with Gasteiger partial charge in [-0.05, 0) is 27.7 Å². The molecule has 1 aliphatic rings. The van der Waals surface area contributed by atoms with Gasteiger partial charge in [-0.2, -0.15) is 0 Å². The quantitative estimate of drug-likeness (QED) is 0.672. The Kier molecular flexibility index (Phi) is 7.36. The van der Waals surface area contributed by atoms with Crippen LogP contribution in [0.3, 0.4) is 0 Å². The van der Waals surface area contributed by atoms with Gasteiger partial charge in [0.25, 0.3) is 0 Å². The van der Waals surface area contributed by atoms with E-state index in [1.807, 2.05) is 27.7 Å². The predicted molar refractivity (Wildman–Crippen MR) is 74.0 cm³/mol. The van der Waals surface area contributed by atoms with E-state index >= 15 is 0 Å². The summed E-state index contributed by atoms with van der Waals surface area (Å²) in [7, 11) is 0. The molecule has 0 bridgehead atoms. The minimum atomic E-state index is -0.608. The smallest absolute Gasteiger partial charge is 0.0701 e. The van der Waals surface area contributed by atoms with Crippen LogP contribution in [0, 0.1) is 0 Å². The van der Waals surface area contributed by atoms with Crippen molar-refractivity contribution >= 4 is 0 Å². The van der Waals surface area contributed by atoms with E-state index in [1.54, 1.807) is 0 Å². The number of hydrogen-bond acceptors (Lipinski definition) is 5. The first-order valence-corrected chi connectivity index (χ1v) is 7.15. The summed E-state index contributed by atoms with van der Waals surface area (Å²) in [6.45, 7) is 11.3. The molecule has 1 rings (SSSR count). The second-order valence-corrected chi connectivity index (χ2v) is 6.25. The van der Waals surface area contributed by atoms with Crippen LogP contribution in [0.4, 0.5) is 0 Å². The fourth-order valence-electron chi connectivity index (χ4n) is 2.14. The van der Waals surface area contributed by atoms with Gasteiger partial charge in [-0.25, -0.2) is 0 Å². The second kappa shape index (κ2) is 8.26. The summed E-state index contributed by atoms with van der Waals surface area (Å²) in [5.74, 6) is 0. The summed E-state index contributed by atoms with van der Waals surface area (Å²) in [6, 6.07) is 0. The molecule has 0 spiro atoms. The Bertz CT molecular complexity index is 244. The number of nitrogens with zero attached hydrogens (tertiary/aromatic N) is 1. The third kappa shape index (κ3) is 6.03. The van der Waals surface area contributed by atoms with Crippen molar-refractivity contribution in [3.8, 4) is 0 Å². The molecule has 0 aliphatic carbocycles. The highest BCUT2D eigenvalue weighted by Gasteiger charge is 2.39. The zero-order valence-electron chi connectivity index (χ0n) is 13.1. The minimum absolute atomic E-state index is 0.361. The Morgan fingerprint density at radius 1 is 0.650 bits per heavy atom. The highest BCUT2D eigenvalue weighted by molar-refractivity contribution is 4.87. The maximum Gasteiger partial charge on any atom is 0.0701 e. The third-order valence-electron chi connectivity index (χ3n) is 3.13. The Labute approximate surface area is 121 Å². The van der Waals surface area contributed by atoms with Crippen LogP contribution in [0.15, 0.2) is 0 Å². The molecule has 0 N–H and O–H groups in total. The van der Waals surface area contributed by atoms with Crippen molar-refractivity contribution in [2.75, 3.05) is 52.9 Å². The lowest BCUT2D eigenvalue weighted by Gasteiger charge is -2.41. The van der Waals surface area contributed by atoms with E-state index in [9.17, 15) is 5.21 Å². The first-order chi connectivity index (χ1) is 9.36. The lowest BCUT2D eigenvalue weighted by molar-refractivity contribution is -0.289. The van der Waals surface area contributed by atoms with E-state index in [-0.39, 0.29) is 0 Å². The Morgan fingerprint density at radius 2 is 0.950 bits per heavy atom. The maximum absolute atomic E-state index is 12.5. The van der Waals surface area contributed by atoms with Crippen molar-refractivity contribution < 1.29 is 24.2 Å². The van der Waals surface area contributed by atoms with Gasteiger partial charge in [-0.15, -0.1) is 10.3 Å². The van der Waals surface area contributed by atoms with Crippen LogP contribution in [0.25, 0.3) is 0 Å². The molecule has 0 aromatic carbocycles. The van der Waals surface area contributed by atoms with Crippen LogP contribution < -0.4 is 0 Å². The SMILES string of the molecule is CC1(C)COCCOCCOCCOCC(C)(C)N1[O]. The van der Waals surface area contributed by atoms with Crippen LogP contribution in [-0.4, -0.2) is 69.0 Å². The molecule has 1 radical (unpaired) electrons. The topological polar surface area (TPSA) is 60.1 Å². The molecule has 0 unspecified atom stereocenters. The fraction of sp³-hybridized carbons (Fsp3) is 1.00. The van der Waals surface area contributed by atoms with Crippen LogP contribution in [-0.2, 0) is 24.2 Å². The first kappa shape index (κ1) is 17.8. The third-order valence-corrected chi connectivity index (χ3v) is 3.13. The van der Waals surface area contributed by atoms with Gasteiger partial charge in [0.05, 0.1) is 63.9 Å². The molecule has 0 aromatic heterocycles. The summed E-state index contributed by atoms with van der Waals surface area (Å²) in [5.41, 5.74) is -1.22. The van der Waals surface area contributed by atoms with Crippen molar-refractivity contribution in [1.29, 1.82) is 0 Å². The molecule has 6 heteroatoms. The van der Waals surface area contributed by atoms with Crippen LogP contribution in [0.1, 0.15) is 27.7 Å². The predicted octanol–water partition coefficient (Wildman–Crippen LogP) is 1.27. The van der Waals surface area contributed by atoms with E-state index < -0.39 is 11.1 Å². The number of rotatable bonds is 0. The van der Waals surface area contributed by atoms with Crippen molar-refractivity contribution in [1.82, 2.24) is 5.06 Å². The average Bonchev–Trinajstić information content (AvgIpc) is 2.38. The number of ether oxygens (including phenoxy) is 4. The molecule has 0 atom stereocenters. The van der Waals surface area contributed by atoms with Gasteiger partial charge in [0.1, 0.15) is 0 Å². The van der Waals surface area contributed by atoms with Gasteiger partial charge >= 0.3 is 0 Å². The normalized spacial score (nSPS) is 27.4. The Morgan fingerprint density at radius 3 is 1.30 bits per heavy atom. The van der Waals surface area contributed by atoms with Crippen LogP contribution in [0.2, 0.25) is 0 Å². The molecule has 0 aromatic rings. The molecular weight excluding hydrogens is 262 g/mol. The molecule has 20 heavy (non-hydrogen) atoms. The van der Waals surface area contributed by atoms with E-state index in [2.05, 4.69) is 0 Å². The number of hydrogen-bond donors (Lipinski definition) is 0. The van der Waals surface area contributed by atoms with Gasteiger partial charge in [-0.3, -0.25) is 0 Å². The maximum atomic E-state index is 12.5. The van der Waals surface area contributed by atoms with Gasteiger partial charge in [0, 0.05) is 0 Å². The van der Waals surface area contributed by atoms with E-state index in [4.69, 9.17) is 18.9 Å². The molecular formula is C14H28NO5. The highest BCUT2D eigenvalue weighted by atomic mass is 16.6. The average molecular weight is 290 g/mol. The van der Waals surface area contributed by atoms with Crippen molar-refractivity contribution in [2.45, 2.75) is 38.8 Å². The van der Waals surface area contributed by atoms with Crippen LogP contribution >= 0.6 is 0 Å². The van der Waals surface area contributed by atoms with E-state index in [0.717, 1.165) is 5.06 Å². The Balaban J connectivity index is 2.59. The molecule has 1 fully saturated rings. The molecule has 1 heterocycles. The van der Waals surface area contributed by atoms with Gasteiger partial charge in [-0.1, -0.05) is 0 Å². The van der Waals surface area contributed by atoms with E-state index in [0.29, 0.717) is 52.9 Å². The highest BCUT2D eigenvalue weighted by Crippen LogP contribution is 2.24. The van der Waals surface area contributed by atoms with Crippen LogP contribution in [0.5, 0.6) is 0 Å². The standard InChI is InChI=1S/C14H28NO5/c1-13(2)11-19-9-7-17-5-6-18-8-10-20-12-14(3,4)15(13)16/h5-12H2,1-4H3. The zero-order chi connectivity index (χ0) is 15.1. The minimum Gasteiger partial charge on any atom is -0.377 e. The van der Waals surface area contributed by atoms with Crippen molar-refractivity contribution in [3.63, 3.8) is 0 Å². The lowest BCUT2D eigenvalue weighted by atomic mass is 9.97. The molecule has 0 saturated carbocycles. The summed E-state index contributed by atoms with van der Waals surface area (Å²) < 4.78 is 21.8. The van der Waals surface area contributed by atoms with Gasteiger partial charge in [0.15, 0.2) is 0 Å². The molecule has 119 valence electrons. The van der Waals surface area contributed by atoms with Crippen molar-refractivity contribution in [3.05, 3.63) is 0 Å². The lowest BCUT2D eigenvalue weighted by Crippen LogP contribution is -2.57. The van der Waals surface area contributed by atoms with Gasteiger partial charge < -0.3 is 18.9 Å². The summed E-state index contributed by atoms with van der Waals surface area (Å²) in [4.78, 5) is 0. The largest absolute Gasteiger partial charge is 0.377 e. The summed E-state index contributed by atoms with van der Waals surface area (Å²) in [5, 5.41) is 13.6. The molecule has 6 nitrogen and oxygen atoms in total. The Hall–Kier alpha value is -0.240. The molecule has 1 saturated heterocycles. The molecule has 0 amide bonds. The van der Waals surface area contributed by atoms with Gasteiger partial charge in [0.2, 0.25) is 0 Å². The fourth-order valence-corrected chi connectivity index (χ4v) is 2.14. The number of hydroxylamine groups is 2.